The molecule has 1 unspecified atom stereocenters. The van der Waals surface area contributed by atoms with Crippen molar-refractivity contribution in [1.82, 2.24) is 0 Å². The number of carbonyl (C=O) groups excluding carboxylic acids is 1. The average Bonchev–Trinajstić information content (AvgIpc) is 2.66. The van der Waals surface area contributed by atoms with Crippen LogP contribution in [0.4, 0.5) is 11.4 Å². The number of aliphatic hydroxyl groups excluding tert-OH is 1. The lowest BCUT2D eigenvalue weighted by atomic mass is 10.0. The van der Waals surface area contributed by atoms with E-state index in [-0.39, 0.29) is 35.1 Å². The molecule has 0 spiro atoms. The lowest BCUT2D eigenvalue weighted by molar-refractivity contribution is -0.384. The van der Waals surface area contributed by atoms with Crippen molar-refractivity contribution in [3.8, 4) is 11.5 Å². The summed E-state index contributed by atoms with van der Waals surface area (Å²) in [6.45, 7) is 0. The van der Waals surface area contributed by atoms with Gasteiger partial charge in [0.05, 0.1) is 36.0 Å². The van der Waals surface area contributed by atoms with Gasteiger partial charge in [-0.05, 0) is 24.6 Å². The maximum Gasteiger partial charge on any atom is 0.271 e. The third-order valence-corrected chi connectivity index (χ3v) is 4.19. The third-order valence-electron chi connectivity index (χ3n) is 3.88. The van der Waals surface area contributed by atoms with Crippen molar-refractivity contribution in [2.45, 2.75) is 18.9 Å². The number of carbonyl (C=O) groups is 1. The Hall–Kier alpha value is -2.84. The van der Waals surface area contributed by atoms with Gasteiger partial charge in [0.25, 0.3) is 5.69 Å². The van der Waals surface area contributed by atoms with Gasteiger partial charge in [0, 0.05) is 30.2 Å². The molecule has 27 heavy (non-hydrogen) atoms. The molecule has 0 saturated heterocycles. The van der Waals surface area contributed by atoms with Crippen LogP contribution in [0.25, 0.3) is 0 Å². The van der Waals surface area contributed by atoms with Gasteiger partial charge in [-0.2, -0.15) is 0 Å². The number of ether oxygens (including phenoxy) is 2. The Labute approximate surface area is 160 Å². The van der Waals surface area contributed by atoms with Gasteiger partial charge in [0.2, 0.25) is 5.91 Å². The molecule has 2 rings (SSSR count). The predicted octanol–water partition coefficient (Wildman–Crippen LogP) is 3.72. The van der Waals surface area contributed by atoms with Crippen LogP contribution < -0.4 is 14.8 Å². The molecule has 1 amide bonds. The minimum atomic E-state index is -0.913. The van der Waals surface area contributed by atoms with E-state index in [2.05, 4.69) is 5.32 Å². The van der Waals surface area contributed by atoms with Crippen LogP contribution in [0.5, 0.6) is 11.5 Å². The Morgan fingerprint density at radius 1 is 1.26 bits per heavy atom. The van der Waals surface area contributed by atoms with Crippen molar-refractivity contribution >= 4 is 28.9 Å². The molecule has 8 nitrogen and oxygen atoms in total. The minimum Gasteiger partial charge on any atom is -0.497 e. The molecule has 0 heterocycles. The number of nitrogens with zero attached hydrogens (tertiary/aromatic N) is 1. The van der Waals surface area contributed by atoms with Gasteiger partial charge < -0.3 is 19.9 Å². The third kappa shape index (κ3) is 5.32. The Morgan fingerprint density at radius 2 is 2.00 bits per heavy atom. The van der Waals surface area contributed by atoms with Crippen molar-refractivity contribution in [1.29, 1.82) is 0 Å². The van der Waals surface area contributed by atoms with Crippen LogP contribution in [-0.2, 0) is 4.79 Å². The quantitative estimate of drug-likeness (QED) is 0.521. The molecular weight excluding hydrogens is 376 g/mol. The minimum absolute atomic E-state index is 0.0175. The second-order valence-electron chi connectivity index (χ2n) is 5.63. The zero-order chi connectivity index (χ0) is 20.0. The van der Waals surface area contributed by atoms with Gasteiger partial charge in [0.1, 0.15) is 11.5 Å². The summed E-state index contributed by atoms with van der Waals surface area (Å²) in [6, 6.07) is 8.79. The van der Waals surface area contributed by atoms with Crippen LogP contribution in [-0.4, -0.2) is 30.2 Å². The van der Waals surface area contributed by atoms with Crippen molar-refractivity contribution in [2.75, 3.05) is 19.5 Å². The van der Waals surface area contributed by atoms with E-state index in [1.54, 1.807) is 18.2 Å². The number of aliphatic hydroxyl groups is 1. The van der Waals surface area contributed by atoms with Crippen LogP contribution >= 0.6 is 11.6 Å². The van der Waals surface area contributed by atoms with Gasteiger partial charge in [0.15, 0.2) is 0 Å². The molecule has 0 bridgehead atoms. The predicted molar refractivity (Wildman–Crippen MR) is 100 cm³/mol. The van der Waals surface area contributed by atoms with Gasteiger partial charge in [-0.1, -0.05) is 11.6 Å². The van der Waals surface area contributed by atoms with Gasteiger partial charge >= 0.3 is 0 Å². The summed E-state index contributed by atoms with van der Waals surface area (Å²) in [7, 11) is 3.01. The maximum atomic E-state index is 12.1. The first kappa shape index (κ1) is 20.5. The van der Waals surface area contributed by atoms with E-state index >= 15 is 0 Å². The van der Waals surface area contributed by atoms with E-state index in [0.717, 1.165) is 6.07 Å². The number of hydrogen-bond acceptors (Lipinski definition) is 6. The summed E-state index contributed by atoms with van der Waals surface area (Å²) in [5.41, 5.74) is 0.642. The number of anilines is 1. The smallest absolute Gasteiger partial charge is 0.271 e. The molecule has 2 aromatic rings. The van der Waals surface area contributed by atoms with Crippen LogP contribution in [0.1, 0.15) is 24.5 Å². The Morgan fingerprint density at radius 3 is 2.59 bits per heavy atom. The van der Waals surface area contributed by atoms with Crippen LogP contribution in [0, 0.1) is 10.1 Å². The zero-order valence-electron chi connectivity index (χ0n) is 14.8. The highest BCUT2D eigenvalue weighted by Crippen LogP contribution is 2.32. The summed E-state index contributed by atoms with van der Waals surface area (Å²) in [6.07, 6.45) is -0.744. The number of halogens is 1. The summed E-state index contributed by atoms with van der Waals surface area (Å²) in [5, 5.41) is 23.7. The zero-order valence-corrected chi connectivity index (χ0v) is 15.5. The standard InChI is InChI=1S/C18H19ClN2O6/c1-26-12-4-5-13(17(10-12)27-2)16(22)7-8-18(23)20-15-6-3-11(21(24)25)9-14(15)19/h3-6,9-10,16,22H,7-8H2,1-2H3,(H,20,23). The Bertz CT molecular complexity index is 843. The molecule has 0 radical (unpaired) electrons. The number of non-ortho nitro benzene ring substituents is 1. The highest BCUT2D eigenvalue weighted by atomic mass is 35.5. The van der Waals surface area contributed by atoms with E-state index in [1.807, 2.05) is 0 Å². The molecule has 0 aliphatic rings. The molecule has 0 aromatic heterocycles. The molecule has 0 aliphatic carbocycles. The number of methoxy groups -OCH3 is 2. The van der Waals surface area contributed by atoms with Crippen molar-refractivity contribution < 1.29 is 24.3 Å². The fourth-order valence-electron chi connectivity index (χ4n) is 2.45. The number of nitro benzene ring substituents is 1. The molecule has 0 saturated carbocycles. The molecule has 0 aliphatic heterocycles. The highest BCUT2D eigenvalue weighted by molar-refractivity contribution is 6.33. The molecule has 144 valence electrons. The Balaban J connectivity index is 1.98. The normalized spacial score (nSPS) is 11.6. The summed E-state index contributed by atoms with van der Waals surface area (Å²) in [4.78, 5) is 22.2. The second kappa shape index (κ2) is 9.20. The fraction of sp³-hybridized carbons (Fsp3) is 0.278. The number of hydrogen-bond donors (Lipinski definition) is 2. The monoisotopic (exact) mass is 394 g/mol. The van der Waals surface area contributed by atoms with Crippen molar-refractivity contribution in [3.05, 3.63) is 57.1 Å². The number of nitro groups is 1. The van der Waals surface area contributed by atoms with E-state index in [1.165, 1.54) is 26.4 Å². The number of amides is 1. The lowest BCUT2D eigenvalue weighted by Gasteiger charge is -2.16. The van der Waals surface area contributed by atoms with Gasteiger partial charge in [-0.3, -0.25) is 14.9 Å². The van der Waals surface area contributed by atoms with Crippen LogP contribution in [0.3, 0.4) is 0 Å². The Kier molecular flexibility index (Phi) is 6.98. The van der Waals surface area contributed by atoms with Crippen molar-refractivity contribution in [3.63, 3.8) is 0 Å². The van der Waals surface area contributed by atoms with E-state index < -0.39 is 11.0 Å². The average molecular weight is 395 g/mol. The number of rotatable bonds is 8. The van der Waals surface area contributed by atoms with Gasteiger partial charge in [-0.25, -0.2) is 0 Å². The number of benzene rings is 2. The summed E-state index contributed by atoms with van der Waals surface area (Å²) >= 11 is 5.95. The van der Waals surface area contributed by atoms with Crippen molar-refractivity contribution in [2.24, 2.45) is 0 Å². The summed E-state index contributed by atoms with van der Waals surface area (Å²) in [5.74, 6) is 0.673. The van der Waals surface area contributed by atoms with Crippen LogP contribution in [0.15, 0.2) is 36.4 Å². The lowest BCUT2D eigenvalue weighted by Crippen LogP contribution is -2.13. The van der Waals surface area contributed by atoms with Crippen LogP contribution in [0.2, 0.25) is 5.02 Å². The SMILES string of the molecule is COc1ccc(C(O)CCC(=O)Nc2ccc([N+](=O)[O-])cc2Cl)c(OC)c1. The van der Waals surface area contributed by atoms with Gasteiger partial charge in [-0.15, -0.1) is 0 Å². The molecular formula is C18H19ClN2O6. The molecule has 0 fully saturated rings. The second-order valence-corrected chi connectivity index (χ2v) is 6.04. The first-order valence-corrected chi connectivity index (χ1v) is 8.37. The maximum absolute atomic E-state index is 12.1. The van der Waals surface area contributed by atoms with E-state index in [4.69, 9.17) is 21.1 Å². The largest absolute Gasteiger partial charge is 0.497 e. The topological polar surface area (TPSA) is 111 Å². The van der Waals surface area contributed by atoms with E-state index in [0.29, 0.717) is 17.1 Å². The molecule has 9 heteroatoms. The molecule has 1 atom stereocenters. The first-order chi connectivity index (χ1) is 12.8. The molecule has 2 aromatic carbocycles. The molecule has 2 N–H and O–H groups in total. The fourth-order valence-corrected chi connectivity index (χ4v) is 2.67. The van der Waals surface area contributed by atoms with E-state index in [9.17, 15) is 20.0 Å². The first-order valence-electron chi connectivity index (χ1n) is 7.99. The highest BCUT2D eigenvalue weighted by Gasteiger charge is 2.17. The number of nitrogens with one attached hydrogen (secondary N) is 1. The summed E-state index contributed by atoms with van der Waals surface area (Å²) < 4.78 is 10.4.